The van der Waals surface area contributed by atoms with Crippen molar-refractivity contribution >= 4 is 11.6 Å². The molecule has 0 saturated heterocycles. The Hall–Kier alpha value is -1.90. The second kappa shape index (κ2) is 11.3. The highest BCUT2D eigenvalue weighted by Crippen LogP contribution is 2.61. The van der Waals surface area contributed by atoms with E-state index in [0.29, 0.717) is 18.6 Å². The van der Waals surface area contributed by atoms with Gasteiger partial charge in [-0.15, -0.1) is 0 Å². The number of hydrogen-bond acceptors (Lipinski definition) is 2. The number of carbonyl (C=O) groups is 2. The topological polar surface area (TPSA) is 54.0 Å². The predicted octanol–water partition coefficient (Wildman–Crippen LogP) is 8.86. The molecule has 0 aromatic heterocycles. The minimum Gasteiger partial charge on any atom is -0.299 e. The number of rotatable bonds is 10. The highest BCUT2D eigenvalue weighted by Gasteiger charge is 2.63. The van der Waals surface area contributed by atoms with E-state index in [1.807, 2.05) is 6.92 Å². The third-order valence-corrected chi connectivity index (χ3v) is 8.90. The Morgan fingerprint density at radius 3 is 1.95 bits per heavy atom. The summed E-state index contributed by atoms with van der Waals surface area (Å²) in [6.07, 6.45) is -2.54. The molecule has 0 N–H and O–H groups in total. The number of carbonyl (C=O) groups excluding carboxylic acids is 2. The second-order valence-electron chi connectivity index (χ2n) is 11.8. The van der Waals surface area contributed by atoms with E-state index in [9.17, 15) is 41.0 Å². The van der Waals surface area contributed by atoms with Crippen molar-refractivity contribution in [2.45, 2.75) is 110 Å². The van der Waals surface area contributed by atoms with Gasteiger partial charge in [-0.2, -0.15) is 26.3 Å². The lowest BCUT2D eigenvalue weighted by molar-refractivity contribution is -0.143. The van der Waals surface area contributed by atoms with Crippen LogP contribution in [0.3, 0.4) is 0 Å². The fraction of sp³-hybridized carbons (Fsp3) is 0.724. The number of hydrogen-bond donors (Lipinski definition) is 0. The largest absolute Gasteiger partial charge is 0.416 e. The maximum atomic E-state index is 13.6. The van der Waals surface area contributed by atoms with Crippen LogP contribution in [0.2, 0.25) is 0 Å². The van der Waals surface area contributed by atoms with Crippen molar-refractivity contribution < 1.29 is 41.0 Å². The van der Waals surface area contributed by atoms with Crippen LogP contribution in [-0.4, -0.2) is 17.7 Å². The van der Waals surface area contributed by atoms with Crippen molar-refractivity contribution in [3.63, 3.8) is 0 Å². The smallest absolute Gasteiger partial charge is 0.299 e. The molecule has 0 spiro atoms. The van der Waals surface area contributed by atoms with Crippen LogP contribution >= 0.6 is 0 Å². The van der Waals surface area contributed by atoms with Gasteiger partial charge in [-0.3, -0.25) is 9.59 Å². The van der Waals surface area contributed by atoms with E-state index in [-0.39, 0.29) is 25.3 Å². The number of benzene rings is 1. The zero-order valence-corrected chi connectivity index (χ0v) is 22.2. The normalized spacial score (nSPS) is 29.9. The Bertz CT molecular complexity index is 984. The van der Waals surface area contributed by atoms with Gasteiger partial charge in [0.1, 0.15) is 11.9 Å². The van der Waals surface area contributed by atoms with Crippen LogP contribution in [-0.2, 0) is 22.3 Å². The van der Waals surface area contributed by atoms with Gasteiger partial charge in [0.15, 0.2) is 5.78 Å². The Labute approximate surface area is 220 Å². The van der Waals surface area contributed by atoms with Gasteiger partial charge in [0, 0.05) is 16.9 Å². The summed E-state index contributed by atoms with van der Waals surface area (Å²) < 4.78 is 79.8. The maximum absolute atomic E-state index is 13.6. The Kier molecular flexibility index (Phi) is 9.11. The number of unbranched alkanes of at least 4 members (excludes halogenated alkanes) is 6. The average molecular weight is 548 g/mol. The predicted molar refractivity (Wildman–Crippen MR) is 130 cm³/mol. The average Bonchev–Trinajstić information content (AvgIpc) is 3.04. The van der Waals surface area contributed by atoms with Crippen LogP contribution in [0.15, 0.2) is 18.2 Å². The van der Waals surface area contributed by atoms with Gasteiger partial charge in [-0.25, -0.2) is 5.11 Å². The Morgan fingerprint density at radius 2 is 1.42 bits per heavy atom. The summed E-state index contributed by atoms with van der Waals surface area (Å²) >= 11 is 0. The van der Waals surface area contributed by atoms with E-state index < -0.39 is 69.4 Å². The third kappa shape index (κ3) is 6.28. The second-order valence-corrected chi connectivity index (χ2v) is 11.8. The number of halogens is 6. The van der Waals surface area contributed by atoms with Crippen molar-refractivity contribution in [2.24, 2.45) is 22.7 Å². The lowest BCUT2D eigenvalue weighted by Gasteiger charge is -2.40. The molecule has 1 radical (unpaired) electrons. The lowest BCUT2D eigenvalue weighted by atomic mass is 9.63. The first-order chi connectivity index (χ1) is 17.5. The van der Waals surface area contributed by atoms with Gasteiger partial charge >= 0.3 is 12.4 Å². The molecule has 0 amide bonds. The Balaban J connectivity index is 1.77. The summed E-state index contributed by atoms with van der Waals surface area (Å²) in [4.78, 5) is 26.7. The molecule has 0 aliphatic heterocycles. The summed E-state index contributed by atoms with van der Waals surface area (Å²) in [5, 5.41) is 13.6. The zero-order valence-electron chi connectivity index (χ0n) is 22.2. The molecule has 2 aliphatic carbocycles. The molecule has 1 aromatic carbocycles. The van der Waals surface area contributed by atoms with Gasteiger partial charge in [0.2, 0.25) is 0 Å². The highest BCUT2D eigenvalue weighted by molar-refractivity contribution is 6.12. The fourth-order valence-electron chi connectivity index (χ4n) is 6.63. The van der Waals surface area contributed by atoms with Crippen LogP contribution < -0.4 is 0 Å². The molecule has 2 aliphatic rings. The summed E-state index contributed by atoms with van der Waals surface area (Å²) in [5.41, 5.74) is -5.51. The standard InChI is InChI=1S/C29H37F6O3/c1-4-5-6-7-8-9-10-12-26(2)17-22-24(37)21(11-13-27(22,3)25(26)38)23(36)18-14-19(28(30,31)32)16-20(15-18)29(33,34)35/h14-16,21-22,25H,4-13,17H2,1-3H3. The van der Waals surface area contributed by atoms with Gasteiger partial charge in [-0.1, -0.05) is 65.7 Å². The molecule has 2 saturated carbocycles. The zero-order chi connectivity index (χ0) is 28.5. The summed E-state index contributed by atoms with van der Waals surface area (Å²) in [7, 11) is 0. The molecule has 3 rings (SSSR count). The minimum absolute atomic E-state index is 0.0369. The molecule has 5 atom stereocenters. The molecule has 0 bridgehead atoms. The molecule has 1 aromatic rings. The molecule has 3 nitrogen and oxygen atoms in total. The van der Waals surface area contributed by atoms with Crippen LogP contribution in [0.5, 0.6) is 0 Å². The molecule has 5 unspecified atom stereocenters. The first-order valence-corrected chi connectivity index (χ1v) is 13.6. The van der Waals surface area contributed by atoms with Crippen LogP contribution in [0, 0.1) is 22.7 Å². The first kappa shape index (κ1) is 30.6. The van der Waals surface area contributed by atoms with E-state index in [1.165, 1.54) is 12.8 Å². The van der Waals surface area contributed by atoms with Crippen LogP contribution in [0.25, 0.3) is 0 Å². The molecule has 9 heteroatoms. The Morgan fingerprint density at radius 1 is 0.895 bits per heavy atom. The number of Topliss-reactive ketones (excluding diaryl/α,β-unsaturated/α-hetero) is 2. The minimum atomic E-state index is -5.09. The van der Waals surface area contributed by atoms with E-state index in [0.717, 1.165) is 32.1 Å². The van der Waals surface area contributed by atoms with Gasteiger partial charge in [-0.05, 0) is 49.3 Å². The number of ketones is 2. The quantitative estimate of drug-likeness (QED) is 0.127. The fourth-order valence-corrected chi connectivity index (χ4v) is 6.63. The molecule has 38 heavy (non-hydrogen) atoms. The number of alkyl halides is 6. The molecule has 213 valence electrons. The van der Waals surface area contributed by atoms with Crippen LogP contribution in [0.4, 0.5) is 26.3 Å². The van der Waals surface area contributed by atoms with Crippen LogP contribution in [0.1, 0.15) is 113 Å². The van der Waals surface area contributed by atoms with Gasteiger partial charge < -0.3 is 0 Å². The van der Waals surface area contributed by atoms with Gasteiger partial charge in [0.05, 0.1) is 17.0 Å². The van der Waals surface area contributed by atoms with E-state index in [1.54, 1.807) is 6.92 Å². The molecular formula is C29H37F6O3. The van der Waals surface area contributed by atoms with Crippen molar-refractivity contribution in [1.82, 2.24) is 0 Å². The lowest BCUT2D eigenvalue weighted by Crippen LogP contribution is -2.46. The van der Waals surface area contributed by atoms with E-state index in [2.05, 4.69) is 6.92 Å². The molecular weight excluding hydrogens is 510 g/mol. The number of fused-ring (bicyclic) bond motifs is 1. The third-order valence-electron chi connectivity index (χ3n) is 8.90. The first-order valence-electron chi connectivity index (χ1n) is 13.6. The van der Waals surface area contributed by atoms with Crippen molar-refractivity contribution in [2.75, 3.05) is 0 Å². The summed E-state index contributed by atoms with van der Waals surface area (Å²) in [6.45, 7) is 5.77. The summed E-state index contributed by atoms with van der Waals surface area (Å²) in [5.74, 6) is -3.67. The molecule has 0 heterocycles. The monoisotopic (exact) mass is 547 g/mol. The van der Waals surface area contributed by atoms with Crippen molar-refractivity contribution in [3.05, 3.63) is 34.9 Å². The highest BCUT2D eigenvalue weighted by atomic mass is 19.4. The SMILES string of the molecule is CCCCCCCCCC1(C)CC2C(=O)C(C(=O)c3cc(C(F)(F)F)cc(C(F)(F)F)c3)CCC2(C)C1[O]. The van der Waals surface area contributed by atoms with Gasteiger partial charge in [0.25, 0.3) is 0 Å². The maximum Gasteiger partial charge on any atom is 0.416 e. The molecule has 2 fully saturated rings. The van der Waals surface area contributed by atoms with Crippen molar-refractivity contribution in [3.8, 4) is 0 Å². The van der Waals surface area contributed by atoms with E-state index >= 15 is 0 Å². The van der Waals surface area contributed by atoms with Crippen molar-refractivity contribution in [1.29, 1.82) is 0 Å². The summed E-state index contributed by atoms with van der Waals surface area (Å²) in [6, 6.07) is 0.730. The van der Waals surface area contributed by atoms with E-state index in [4.69, 9.17) is 0 Å².